The molecule has 0 atom stereocenters. The fourth-order valence-electron chi connectivity index (χ4n) is 1.48. The number of carbonyl (C=O) groups excluding carboxylic acids is 1. The Labute approximate surface area is 102 Å². The molecule has 0 aliphatic rings. The average Bonchev–Trinajstić information content (AvgIpc) is 2.19. The van der Waals surface area contributed by atoms with E-state index in [9.17, 15) is 9.18 Å². The van der Waals surface area contributed by atoms with Crippen LogP contribution in [0.5, 0.6) is 0 Å². The van der Waals surface area contributed by atoms with Crippen molar-refractivity contribution in [3.05, 3.63) is 30.1 Å². The normalized spacial score (nSPS) is 11.1. The third kappa shape index (κ3) is 3.73. The van der Waals surface area contributed by atoms with Crippen LogP contribution in [0.25, 0.3) is 0 Å². The maximum atomic E-state index is 13.6. The van der Waals surface area contributed by atoms with Gasteiger partial charge in [0.15, 0.2) is 0 Å². The second-order valence-electron chi connectivity index (χ2n) is 4.88. The van der Waals surface area contributed by atoms with E-state index in [1.807, 2.05) is 27.7 Å². The summed E-state index contributed by atoms with van der Waals surface area (Å²) in [5, 5.41) is 2.82. The van der Waals surface area contributed by atoms with E-state index < -0.39 is 5.82 Å². The van der Waals surface area contributed by atoms with Crippen LogP contribution in [0.15, 0.2) is 24.3 Å². The molecule has 17 heavy (non-hydrogen) atoms. The molecule has 0 aliphatic carbocycles. The van der Waals surface area contributed by atoms with Gasteiger partial charge in [-0.3, -0.25) is 4.90 Å². The van der Waals surface area contributed by atoms with E-state index >= 15 is 0 Å². The maximum absolute atomic E-state index is 13.6. The molecule has 0 unspecified atom stereocenters. The standard InChI is InChI=1S/C13H19FN2O/c1-5-16(12(17)15-13(2,3)4)11-9-7-6-8-10(11)14/h6-9H,5H2,1-4H3,(H,15,17). The first-order chi connectivity index (χ1) is 7.85. The molecule has 0 fully saturated rings. The summed E-state index contributed by atoms with van der Waals surface area (Å²) in [6.07, 6.45) is 0. The Morgan fingerprint density at radius 3 is 2.41 bits per heavy atom. The van der Waals surface area contributed by atoms with Crippen molar-refractivity contribution in [2.75, 3.05) is 11.4 Å². The molecule has 94 valence electrons. The van der Waals surface area contributed by atoms with Gasteiger partial charge in [-0.1, -0.05) is 12.1 Å². The topological polar surface area (TPSA) is 32.3 Å². The average molecular weight is 238 g/mol. The lowest BCUT2D eigenvalue weighted by atomic mass is 10.1. The molecule has 1 rings (SSSR count). The molecule has 0 aromatic heterocycles. The predicted molar refractivity (Wildman–Crippen MR) is 67.7 cm³/mol. The summed E-state index contributed by atoms with van der Waals surface area (Å²) in [6.45, 7) is 7.90. The van der Waals surface area contributed by atoms with Gasteiger partial charge >= 0.3 is 6.03 Å². The Morgan fingerprint density at radius 2 is 1.94 bits per heavy atom. The molecule has 1 N–H and O–H groups in total. The number of hydrogen-bond donors (Lipinski definition) is 1. The van der Waals surface area contributed by atoms with E-state index in [1.165, 1.54) is 11.0 Å². The lowest BCUT2D eigenvalue weighted by Crippen LogP contribution is -2.48. The van der Waals surface area contributed by atoms with Gasteiger partial charge in [0.05, 0.1) is 5.69 Å². The Morgan fingerprint density at radius 1 is 1.35 bits per heavy atom. The number of benzene rings is 1. The highest BCUT2D eigenvalue weighted by Gasteiger charge is 2.21. The molecule has 0 aliphatic heterocycles. The summed E-state index contributed by atoms with van der Waals surface area (Å²) in [5.74, 6) is -0.390. The Hall–Kier alpha value is -1.58. The Kier molecular flexibility index (Phi) is 4.10. The minimum absolute atomic E-state index is 0.287. The van der Waals surface area contributed by atoms with Crippen LogP contribution in [0.3, 0.4) is 0 Å². The van der Waals surface area contributed by atoms with Gasteiger partial charge in [0.2, 0.25) is 0 Å². The molecule has 0 saturated carbocycles. The fourth-order valence-corrected chi connectivity index (χ4v) is 1.48. The summed E-state index contributed by atoms with van der Waals surface area (Å²) in [5.41, 5.74) is -0.0350. The lowest BCUT2D eigenvalue weighted by molar-refractivity contribution is 0.238. The molecule has 0 spiro atoms. The number of halogens is 1. The van der Waals surface area contributed by atoms with E-state index in [2.05, 4.69) is 5.32 Å². The highest BCUT2D eigenvalue weighted by Crippen LogP contribution is 2.19. The number of nitrogens with zero attached hydrogens (tertiary/aromatic N) is 1. The van der Waals surface area contributed by atoms with E-state index in [1.54, 1.807) is 18.2 Å². The van der Waals surface area contributed by atoms with Gasteiger partial charge in [-0.25, -0.2) is 9.18 Å². The van der Waals surface area contributed by atoms with Crippen LogP contribution in [0.2, 0.25) is 0 Å². The molecule has 4 heteroatoms. The monoisotopic (exact) mass is 238 g/mol. The minimum atomic E-state index is -0.390. The van der Waals surface area contributed by atoms with Gasteiger partial charge < -0.3 is 5.32 Å². The zero-order valence-electron chi connectivity index (χ0n) is 10.7. The largest absolute Gasteiger partial charge is 0.333 e. The van der Waals surface area contributed by atoms with Gasteiger partial charge in [-0.2, -0.15) is 0 Å². The van der Waals surface area contributed by atoms with E-state index in [0.717, 1.165) is 0 Å². The highest BCUT2D eigenvalue weighted by molar-refractivity contribution is 5.92. The second kappa shape index (κ2) is 5.17. The highest BCUT2D eigenvalue weighted by atomic mass is 19.1. The van der Waals surface area contributed by atoms with Crippen molar-refractivity contribution in [2.24, 2.45) is 0 Å². The first kappa shape index (κ1) is 13.5. The fraction of sp³-hybridized carbons (Fsp3) is 0.462. The Bertz CT molecular complexity index is 399. The summed E-state index contributed by atoms with van der Waals surface area (Å²) >= 11 is 0. The number of anilines is 1. The summed E-state index contributed by atoms with van der Waals surface area (Å²) in [6, 6.07) is 5.98. The van der Waals surface area contributed by atoms with Crippen LogP contribution >= 0.6 is 0 Å². The quantitative estimate of drug-likeness (QED) is 0.843. The lowest BCUT2D eigenvalue weighted by Gasteiger charge is -2.27. The second-order valence-corrected chi connectivity index (χ2v) is 4.88. The van der Waals surface area contributed by atoms with Crippen molar-refractivity contribution in [1.82, 2.24) is 5.32 Å². The Balaban J connectivity index is 2.93. The first-order valence-corrected chi connectivity index (χ1v) is 5.69. The summed E-state index contributed by atoms with van der Waals surface area (Å²) in [7, 11) is 0. The van der Waals surface area contributed by atoms with Crippen molar-refractivity contribution in [2.45, 2.75) is 33.2 Å². The van der Waals surface area contributed by atoms with Crippen LogP contribution in [-0.4, -0.2) is 18.1 Å². The first-order valence-electron chi connectivity index (χ1n) is 5.69. The van der Waals surface area contributed by atoms with E-state index in [0.29, 0.717) is 12.2 Å². The number of rotatable bonds is 2. The molecule has 1 aromatic rings. The molecule has 3 nitrogen and oxygen atoms in total. The number of hydrogen-bond acceptors (Lipinski definition) is 1. The van der Waals surface area contributed by atoms with Gasteiger partial charge in [0.1, 0.15) is 5.82 Å². The third-order valence-electron chi connectivity index (χ3n) is 2.19. The van der Waals surface area contributed by atoms with Gasteiger partial charge in [0.25, 0.3) is 0 Å². The number of carbonyl (C=O) groups is 1. The number of urea groups is 1. The van der Waals surface area contributed by atoms with Crippen LogP contribution < -0.4 is 10.2 Å². The van der Waals surface area contributed by atoms with Crippen molar-refractivity contribution in [1.29, 1.82) is 0 Å². The molecular formula is C13H19FN2O. The molecule has 0 saturated heterocycles. The maximum Gasteiger partial charge on any atom is 0.322 e. The molecule has 0 bridgehead atoms. The molecule has 0 heterocycles. The SMILES string of the molecule is CCN(C(=O)NC(C)(C)C)c1ccccc1F. The molecular weight excluding hydrogens is 219 g/mol. The number of nitrogens with one attached hydrogen (secondary N) is 1. The smallest absolute Gasteiger partial charge is 0.322 e. The van der Waals surface area contributed by atoms with Crippen LogP contribution in [0.1, 0.15) is 27.7 Å². The van der Waals surface area contributed by atoms with Crippen LogP contribution in [0.4, 0.5) is 14.9 Å². The van der Waals surface area contributed by atoms with Gasteiger partial charge in [-0.15, -0.1) is 0 Å². The number of para-hydroxylation sites is 1. The zero-order valence-corrected chi connectivity index (χ0v) is 10.7. The van der Waals surface area contributed by atoms with Crippen molar-refractivity contribution in [3.8, 4) is 0 Å². The molecule has 2 amide bonds. The minimum Gasteiger partial charge on any atom is -0.333 e. The summed E-state index contributed by atoms with van der Waals surface area (Å²) in [4.78, 5) is 13.4. The summed E-state index contributed by atoms with van der Waals surface area (Å²) < 4.78 is 13.6. The van der Waals surface area contributed by atoms with Crippen molar-refractivity contribution >= 4 is 11.7 Å². The van der Waals surface area contributed by atoms with Gasteiger partial charge in [0, 0.05) is 12.1 Å². The van der Waals surface area contributed by atoms with Crippen LogP contribution in [-0.2, 0) is 0 Å². The predicted octanol–water partition coefficient (Wildman–Crippen LogP) is 3.16. The number of amides is 2. The molecule has 0 radical (unpaired) electrons. The van der Waals surface area contributed by atoms with Gasteiger partial charge in [-0.05, 0) is 39.8 Å². The van der Waals surface area contributed by atoms with E-state index in [4.69, 9.17) is 0 Å². The molecule has 1 aromatic carbocycles. The van der Waals surface area contributed by atoms with Crippen molar-refractivity contribution in [3.63, 3.8) is 0 Å². The van der Waals surface area contributed by atoms with E-state index in [-0.39, 0.29) is 11.6 Å². The van der Waals surface area contributed by atoms with Crippen LogP contribution in [0, 0.1) is 5.82 Å². The van der Waals surface area contributed by atoms with Crippen molar-refractivity contribution < 1.29 is 9.18 Å². The third-order valence-corrected chi connectivity index (χ3v) is 2.19. The zero-order chi connectivity index (χ0) is 13.1.